The smallest absolute Gasteiger partial charge is 0.269 e. The quantitative estimate of drug-likeness (QED) is 0.323. The van der Waals surface area contributed by atoms with Crippen molar-refractivity contribution in [2.75, 3.05) is 26.2 Å². The number of hydrogen-bond donors (Lipinski definition) is 1. The molecule has 0 spiro atoms. The van der Waals surface area contributed by atoms with E-state index in [9.17, 15) is 14.9 Å². The number of nitro groups is 1. The summed E-state index contributed by atoms with van der Waals surface area (Å²) < 4.78 is 5.72. The predicted octanol–water partition coefficient (Wildman–Crippen LogP) is 2.69. The van der Waals surface area contributed by atoms with Gasteiger partial charge < -0.3 is 10.1 Å². The lowest BCUT2D eigenvalue weighted by Crippen LogP contribution is -2.46. The lowest BCUT2D eigenvalue weighted by molar-refractivity contribution is -0.384. The van der Waals surface area contributed by atoms with Gasteiger partial charge >= 0.3 is 0 Å². The summed E-state index contributed by atoms with van der Waals surface area (Å²) in [5, 5.41) is 13.4. The molecule has 26 heavy (non-hydrogen) atoms. The molecular formula is C18H27N3O4S. The maximum absolute atomic E-state index is 12.2. The molecule has 144 valence electrons. The maximum Gasteiger partial charge on any atom is 0.269 e. The van der Waals surface area contributed by atoms with Crippen LogP contribution in [-0.4, -0.2) is 59.4 Å². The van der Waals surface area contributed by atoms with Gasteiger partial charge in [0.25, 0.3) is 5.69 Å². The van der Waals surface area contributed by atoms with Gasteiger partial charge in [-0.2, -0.15) is 0 Å². The van der Waals surface area contributed by atoms with Crippen molar-refractivity contribution in [1.82, 2.24) is 10.2 Å². The Bertz CT molecular complexity index is 601. The molecule has 1 saturated heterocycles. The fraction of sp³-hybridized carbons (Fsp3) is 0.611. The number of non-ortho nitro benzene ring substituents is 1. The van der Waals surface area contributed by atoms with E-state index in [0.29, 0.717) is 6.54 Å². The van der Waals surface area contributed by atoms with E-state index >= 15 is 0 Å². The average Bonchev–Trinajstić information content (AvgIpc) is 2.58. The van der Waals surface area contributed by atoms with Crippen molar-refractivity contribution < 1.29 is 14.5 Å². The Morgan fingerprint density at radius 1 is 1.35 bits per heavy atom. The number of nitrogens with zero attached hydrogens (tertiary/aromatic N) is 2. The summed E-state index contributed by atoms with van der Waals surface area (Å²) in [7, 11) is 0. The van der Waals surface area contributed by atoms with E-state index in [2.05, 4.69) is 24.1 Å². The van der Waals surface area contributed by atoms with Crippen LogP contribution in [0.15, 0.2) is 29.2 Å². The second-order valence-corrected chi connectivity index (χ2v) is 8.09. The number of ether oxygens (including phenoxy) is 1. The van der Waals surface area contributed by atoms with Crippen molar-refractivity contribution in [2.45, 2.75) is 49.5 Å². The number of nitrogens with one attached hydrogen (secondary N) is 1. The molecule has 7 nitrogen and oxygen atoms in total. The van der Waals surface area contributed by atoms with Crippen LogP contribution in [0.5, 0.6) is 0 Å². The van der Waals surface area contributed by atoms with Gasteiger partial charge in [0.05, 0.1) is 22.4 Å². The van der Waals surface area contributed by atoms with Crippen LogP contribution in [0.1, 0.15) is 27.2 Å². The molecule has 8 heteroatoms. The summed E-state index contributed by atoms with van der Waals surface area (Å²) in [6.45, 7) is 9.47. The van der Waals surface area contributed by atoms with E-state index in [1.54, 1.807) is 12.1 Å². The molecular weight excluding hydrogens is 354 g/mol. The van der Waals surface area contributed by atoms with Crippen molar-refractivity contribution in [3.05, 3.63) is 34.4 Å². The molecule has 1 heterocycles. The molecule has 1 fully saturated rings. The first kappa shape index (κ1) is 20.7. The first-order chi connectivity index (χ1) is 12.3. The average molecular weight is 381 g/mol. The van der Waals surface area contributed by atoms with Gasteiger partial charge in [-0.1, -0.05) is 0 Å². The van der Waals surface area contributed by atoms with E-state index in [4.69, 9.17) is 4.74 Å². The lowest BCUT2D eigenvalue weighted by atomic mass is 10.2. The molecule has 1 aromatic carbocycles. The van der Waals surface area contributed by atoms with E-state index in [1.165, 1.54) is 23.9 Å². The molecule has 0 aliphatic carbocycles. The number of amides is 1. The molecule has 2 rings (SSSR count). The summed E-state index contributed by atoms with van der Waals surface area (Å²) in [5.74, 6) is -0.0166. The van der Waals surface area contributed by atoms with Gasteiger partial charge in [-0.05, 0) is 39.3 Å². The van der Waals surface area contributed by atoms with Gasteiger partial charge in [-0.3, -0.25) is 19.8 Å². The van der Waals surface area contributed by atoms with Crippen molar-refractivity contribution in [3.8, 4) is 0 Å². The first-order valence-electron chi connectivity index (χ1n) is 8.91. The summed E-state index contributed by atoms with van der Waals surface area (Å²) >= 11 is 1.40. The highest BCUT2D eigenvalue weighted by Crippen LogP contribution is 2.25. The molecule has 1 aliphatic heterocycles. The fourth-order valence-corrected chi connectivity index (χ4v) is 3.92. The number of carbonyl (C=O) groups excluding carboxylic acids is 1. The van der Waals surface area contributed by atoms with Crippen molar-refractivity contribution in [2.24, 2.45) is 0 Å². The van der Waals surface area contributed by atoms with E-state index in [0.717, 1.165) is 31.0 Å². The Kier molecular flexibility index (Phi) is 7.86. The molecule has 1 amide bonds. The molecule has 1 aliphatic rings. The Labute approximate surface area is 158 Å². The molecule has 1 N–H and O–H groups in total. The van der Waals surface area contributed by atoms with E-state index < -0.39 is 4.92 Å². The molecule has 0 aromatic heterocycles. The Morgan fingerprint density at radius 2 is 1.96 bits per heavy atom. The van der Waals surface area contributed by atoms with Crippen molar-refractivity contribution in [3.63, 3.8) is 0 Å². The number of rotatable bonds is 8. The lowest BCUT2D eigenvalue weighted by Gasteiger charge is -2.35. The van der Waals surface area contributed by atoms with Crippen LogP contribution in [0.2, 0.25) is 0 Å². The number of thioether (sulfide) groups is 1. The minimum absolute atomic E-state index is 0.0166. The highest BCUT2D eigenvalue weighted by atomic mass is 32.2. The van der Waals surface area contributed by atoms with Crippen LogP contribution < -0.4 is 5.32 Å². The largest absolute Gasteiger partial charge is 0.373 e. The zero-order chi connectivity index (χ0) is 19.1. The highest BCUT2D eigenvalue weighted by molar-refractivity contribution is 8.00. The third-order valence-electron chi connectivity index (χ3n) is 4.18. The van der Waals surface area contributed by atoms with Gasteiger partial charge in [0.2, 0.25) is 5.91 Å². The van der Waals surface area contributed by atoms with Crippen LogP contribution in [0, 0.1) is 10.1 Å². The van der Waals surface area contributed by atoms with Crippen LogP contribution in [0.3, 0.4) is 0 Å². The van der Waals surface area contributed by atoms with Crippen LogP contribution >= 0.6 is 11.8 Å². The minimum Gasteiger partial charge on any atom is -0.373 e. The zero-order valence-corrected chi connectivity index (χ0v) is 16.3. The predicted molar refractivity (Wildman–Crippen MR) is 102 cm³/mol. The van der Waals surface area contributed by atoms with Gasteiger partial charge in [0.1, 0.15) is 0 Å². The SMILES string of the molecule is CC1CN(CCCNC(=O)C(C)Sc2ccc([N+](=O)[O-])cc2)CC(C)O1. The fourth-order valence-electron chi connectivity index (χ4n) is 3.03. The number of nitro benzene ring substituents is 1. The molecule has 0 bridgehead atoms. The standard InChI is InChI=1S/C18H27N3O4S/c1-13-11-20(12-14(2)25-13)10-4-9-19-18(22)15(3)26-17-7-5-16(6-8-17)21(23)24/h5-8,13-15H,4,9-12H2,1-3H3,(H,19,22). The second kappa shape index (κ2) is 9.89. The van der Waals surface area contributed by atoms with Gasteiger partial charge in [0, 0.05) is 43.2 Å². The van der Waals surface area contributed by atoms with Crippen molar-refractivity contribution in [1.29, 1.82) is 0 Å². The van der Waals surface area contributed by atoms with Gasteiger partial charge in [-0.15, -0.1) is 11.8 Å². The third-order valence-corrected chi connectivity index (χ3v) is 5.29. The number of benzene rings is 1. The topological polar surface area (TPSA) is 84.7 Å². The molecule has 3 unspecified atom stereocenters. The molecule has 1 aromatic rings. The molecule has 3 atom stereocenters. The monoisotopic (exact) mass is 381 g/mol. The third kappa shape index (κ3) is 6.59. The van der Waals surface area contributed by atoms with E-state index in [1.807, 2.05) is 6.92 Å². The molecule has 0 radical (unpaired) electrons. The van der Waals surface area contributed by atoms with Gasteiger partial charge in [-0.25, -0.2) is 0 Å². The number of carbonyl (C=O) groups is 1. The minimum atomic E-state index is -0.430. The Morgan fingerprint density at radius 3 is 2.54 bits per heavy atom. The summed E-state index contributed by atoms with van der Waals surface area (Å²) in [6.07, 6.45) is 1.41. The second-order valence-electron chi connectivity index (χ2n) is 6.67. The highest BCUT2D eigenvalue weighted by Gasteiger charge is 2.21. The van der Waals surface area contributed by atoms with Crippen LogP contribution in [0.4, 0.5) is 5.69 Å². The van der Waals surface area contributed by atoms with Crippen LogP contribution in [0.25, 0.3) is 0 Å². The number of hydrogen-bond acceptors (Lipinski definition) is 6. The zero-order valence-electron chi connectivity index (χ0n) is 15.5. The molecule has 0 saturated carbocycles. The summed E-state index contributed by atoms with van der Waals surface area (Å²) in [5.41, 5.74) is 0.0539. The van der Waals surface area contributed by atoms with Crippen LogP contribution in [-0.2, 0) is 9.53 Å². The van der Waals surface area contributed by atoms with Gasteiger partial charge in [0.15, 0.2) is 0 Å². The van der Waals surface area contributed by atoms with Crippen molar-refractivity contribution >= 4 is 23.4 Å². The normalized spacial score (nSPS) is 22.0. The summed E-state index contributed by atoms with van der Waals surface area (Å²) in [6, 6.07) is 6.26. The maximum atomic E-state index is 12.2. The Hall–Kier alpha value is -1.64. The van der Waals surface area contributed by atoms with E-state index in [-0.39, 0.29) is 29.1 Å². The summed E-state index contributed by atoms with van der Waals surface area (Å²) in [4.78, 5) is 25.7. The first-order valence-corrected chi connectivity index (χ1v) is 9.79. The Balaban J connectivity index is 1.67. The number of morpholine rings is 1.